The molecule has 0 N–H and O–H groups in total. The van der Waals surface area contributed by atoms with Crippen molar-refractivity contribution in [3.8, 4) is 0 Å². The van der Waals surface area contributed by atoms with E-state index in [1.165, 1.54) is 22.5 Å². The van der Waals surface area contributed by atoms with Gasteiger partial charge in [-0.25, -0.2) is 0 Å². The molecule has 17 heavy (non-hydrogen) atoms. The summed E-state index contributed by atoms with van der Waals surface area (Å²) in [6.07, 6.45) is 0. The first-order chi connectivity index (χ1) is 8.09. The number of rotatable bonds is 3. The van der Waals surface area contributed by atoms with E-state index in [9.17, 15) is 0 Å². The number of aromatic nitrogens is 1. The minimum atomic E-state index is 0.603. The Morgan fingerprint density at radius 3 is 2.24 bits per heavy atom. The summed E-state index contributed by atoms with van der Waals surface area (Å²) in [5.41, 5.74) is 5.60. The standard InChI is InChI=1S/C16H21N/c1-12(2)16-10-13(3)17(14(16)4)11-15-8-6-5-7-9-15/h5-10,12H,11H2,1-4H3. The van der Waals surface area contributed by atoms with E-state index in [4.69, 9.17) is 0 Å². The summed E-state index contributed by atoms with van der Waals surface area (Å²) in [5, 5.41) is 0. The van der Waals surface area contributed by atoms with Crippen molar-refractivity contribution in [2.24, 2.45) is 0 Å². The Morgan fingerprint density at radius 2 is 1.71 bits per heavy atom. The number of hydrogen-bond donors (Lipinski definition) is 0. The molecule has 0 saturated carbocycles. The average molecular weight is 227 g/mol. The summed E-state index contributed by atoms with van der Waals surface area (Å²) in [5.74, 6) is 0.603. The predicted molar refractivity (Wildman–Crippen MR) is 73.5 cm³/mol. The third kappa shape index (κ3) is 2.44. The predicted octanol–water partition coefficient (Wildman–Crippen LogP) is 4.28. The molecule has 0 aliphatic rings. The molecule has 0 amide bonds. The maximum absolute atomic E-state index is 2.41. The lowest BCUT2D eigenvalue weighted by molar-refractivity contribution is 0.736. The summed E-state index contributed by atoms with van der Waals surface area (Å²) in [4.78, 5) is 0. The molecule has 0 atom stereocenters. The Hall–Kier alpha value is -1.50. The van der Waals surface area contributed by atoms with Crippen molar-refractivity contribution < 1.29 is 0 Å². The van der Waals surface area contributed by atoms with Crippen LogP contribution in [-0.2, 0) is 6.54 Å². The Bertz CT molecular complexity index is 492. The molecule has 0 saturated heterocycles. The highest BCUT2D eigenvalue weighted by molar-refractivity contribution is 5.30. The van der Waals surface area contributed by atoms with Crippen molar-refractivity contribution >= 4 is 0 Å². The first-order valence-corrected chi connectivity index (χ1v) is 6.30. The van der Waals surface area contributed by atoms with Crippen molar-refractivity contribution in [2.45, 2.75) is 40.2 Å². The van der Waals surface area contributed by atoms with Gasteiger partial charge in [-0.15, -0.1) is 0 Å². The van der Waals surface area contributed by atoms with Crippen molar-refractivity contribution in [3.63, 3.8) is 0 Å². The molecule has 1 aromatic carbocycles. The minimum absolute atomic E-state index is 0.603. The van der Waals surface area contributed by atoms with Crippen molar-refractivity contribution in [1.29, 1.82) is 0 Å². The number of benzene rings is 1. The molecular formula is C16H21N. The van der Waals surface area contributed by atoms with Crippen LogP contribution in [0.5, 0.6) is 0 Å². The topological polar surface area (TPSA) is 4.93 Å². The molecule has 0 bridgehead atoms. The minimum Gasteiger partial charge on any atom is -0.345 e. The summed E-state index contributed by atoms with van der Waals surface area (Å²) >= 11 is 0. The van der Waals surface area contributed by atoms with E-state index in [2.05, 4.69) is 68.7 Å². The molecule has 2 aromatic rings. The van der Waals surface area contributed by atoms with Crippen molar-refractivity contribution in [2.75, 3.05) is 0 Å². The monoisotopic (exact) mass is 227 g/mol. The maximum atomic E-state index is 2.41. The summed E-state index contributed by atoms with van der Waals surface area (Å²) < 4.78 is 2.41. The fourth-order valence-electron chi connectivity index (χ4n) is 2.42. The SMILES string of the molecule is Cc1cc(C(C)C)c(C)n1Cc1ccccc1. The Kier molecular flexibility index (Phi) is 3.37. The second kappa shape index (κ2) is 4.79. The van der Waals surface area contributed by atoms with Crippen LogP contribution in [0.2, 0.25) is 0 Å². The molecule has 0 spiro atoms. The Morgan fingerprint density at radius 1 is 1.06 bits per heavy atom. The van der Waals surface area contributed by atoms with Crippen LogP contribution in [0.4, 0.5) is 0 Å². The highest BCUT2D eigenvalue weighted by Crippen LogP contribution is 2.23. The highest BCUT2D eigenvalue weighted by atomic mass is 15.0. The van der Waals surface area contributed by atoms with E-state index >= 15 is 0 Å². The van der Waals surface area contributed by atoms with Crippen molar-refractivity contribution in [1.82, 2.24) is 4.57 Å². The smallest absolute Gasteiger partial charge is 0.0475 e. The molecule has 2 rings (SSSR count). The van der Waals surface area contributed by atoms with Crippen LogP contribution in [0.25, 0.3) is 0 Å². The molecule has 1 nitrogen and oxygen atoms in total. The van der Waals surface area contributed by atoms with Gasteiger partial charge in [0.2, 0.25) is 0 Å². The second-order valence-corrected chi connectivity index (χ2v) is 5.05. The Labute approximate surface area is 104 Å². The van der Waals surface area contributed by atoms with Crippen LogP contribution in [0, 0.1) is 13.8 Å². The van der Waals surface area contributed by atoms with E-state index < -0.39 is 0 Å². The molecule has 1 aromatic heterocycles. The third-order valence-electron chi connectivity index (χ3n) is 3.42. The van der Waals surface area contributed by atoms with Gasteiger partial charge in [0.1, 0.15) is 0 Å². The van der Waals surface area contributed by atoms with Crippen molar-refractivity contribution in [3.05, 3.63) is 58.9 Å². The summed E-state index contributed by atoms with van der Waals surface area (Å²) in [7, 11) is 0. The first kappa shape index (κ1) is 12.0. The first-order valence-electron chi connectivity index (χ1n) is 6.30. The second-order valence-electron chi connectivity index (χ2n) is 5.05. The zero-order valence-electron chi connectivity index (χ0n) is 11.2. The van der Waals surface area contributed by atoms with E-state index in [1.54, 1.807) is 0 Å². The highest BCUT2D eigenvalue weighted by Gasteiger charge is 2.11. The molecule has 1 heterocycles. The quantitative estimate of drug-likeness (QED) is 0.737. The lowest BCUT2D eigenvalue weighted by Gasteiger charge is -2.11. The van der Waals surface area contributed by atoms with Gasteiger partial charge < -0.3 is 4.57 Å². The fraction of sp³-hybridized carbons (Fsp3) is 0.375. The summed E-state index contributed by atoms with van der Waals surface area (Å²) in [6, 6.07) is 13.0. The molecule has 0 radical (unpaired) electrons. The molecule has 0 aliphatic heterocycles. The third-order valence-corrected chi connectivity index (χ3v) is 3.42. The molecule has 0 fully saturated rings. The van der Waals surface area contributed by atoms with Gasteiger partial charge in [-0.1, -0.05) is 44.2 Å². The van der Waals surface area contributed by atoms with Crippen LogP contribution in [0.15, 0.2) is 36.4 Å². The van der Waals surface area contributed by atoms with E-state index in [0.29, 0.717) is 5.92 Å². The maximum Gasteiger partial charge on any atom is 0.0475 e. The molecule has 1 heteroatoms. The normalized spacial score (nSPS) is 11.1. The Balaban J connectivity index is 2.34. The van der Waals surface area contributed by atoms with Gasteiger partial charge in [0.05, 0.1) is 0 Å². The van der Waals surface area contributed by atoms with Gasteiger partial charge in [-0.2, -0.15) is 0 Å². The van der Waals surface area contributed by atoms with Gasteiger partial charge >= 0.3 is 0 Å². The number of aryl methyl sites for hydroxylation is 1. The van der Waals surface area contributed by atoms with Crippen LogP contribution >= 0.6 is 0 Å². The zero-order chi connectivity index (χ0) is 12.4. The van der Waals surface area contributed by atoms with Crippen LogP contribution in [-0.4, -0.2) is 4.57 Å². The average Bonchev–Trinajstić information content (AvgIpc) is 2.58. The summed E-state index contributed by atoms with van der Waals surface area (Å²) in [6.45, 7) is 9.92. The number of hydrogen-bond acceptors (Lipinski definition) is 0. The van der Waals surface area contributed by atoms with E-state index in [0.717, 1.165) is 6.54 Å². The van der Waals surface area contributed by atoms with Crippen LogP contribution < -0.4 is 0 Å². The lowest BCUT2D eigenvalue weighted by Crippen LogP contribution is -2.04. The largest absolute Gasteiger partial charge is 0.345 e. The lowest BCUT2D eigenvalue weighted by atomic mass is 10.0. The van der Waals surface area contributed by atoms with Crippen LogP contribution in [0.3, 0.4) is 0 Å². The fourth-order valence-corrected chi connectivity index (χ4v) is 2.42. The van der Waals surface area contributed by atoms with Gasteiger partial charge in [0.15, 0.2) is 0 Å². The molecule has 0 unspecified atom stereocenters. The van der Waals surface area contributed by atoms with Gasteiger partial charge in [0, 0.05) is 17.9 Å². The van der Waals surface area contributed by atoms with Gasteiger partial charge in [0.25, 0.3) is 0 Å². The van der Waals surface area contributed by atoms with E-state index in [1.807, 2.05) is 0 Å². The molecule has 0 aliphatic carbocycles. The molecule has 90 valence electrons. The zero-order valence-corrected chi connectivity index (χ0v) is 11.2. The van der Waals surface area contributed by atoms with E-state index in [-0.39, 0.29) is 0 Å². The van der Waals surface area contributed by atoms with Gasteiger partial charge in [-0.3, -0.25) is 0 Å². The molecular weight excluding hydrogens is 206 g/mol. The number of nitrogens with zero attached hydrogens (tertiary/aromatic N) is 1. The van der Waals surface area contributed by atoms with Crippen LogP contribution in [0.1, 0.15) is 42.3 Å². The van der Waals surface area contributed by atoms with Gasteiger partial charge in [-0.05, 0) is 37.0 Å².